The van der Waals surface area contributed by atoms with Crippen molar-refractivity contribution in [3.05, 3.63) is 23.9 Å². The summed E-state index contributed by atoms with van der Waals surface area (Å²) in [6, 6.07) is 6.04. The summed E-state index contributed by atoms with van der Waals surface area (Å²) in [4.78, 5) is 4.59. The van der Waals surface area contributed by atoms with Crippen molar-refractivity contribution in [3.8, 4) is 5.88 Å². The van der Waals surface area contributed by atoms with Gasteiger partial charge >= 0.3 is 0 Å². The maximum absolute atomic E-state index is 5.65. The van der Waals surface area contributed by atoms with Gasteiger partial charge in [-0.05, 0) is 45.7 Å². The highest BCUT2D eigenvalue weighted by Crippen LogP contribution is 2.50. The van der Waals surface area contributed by atoms with Gasteiger partial charge in [-0.1, -0.05) is 6.07 Å². The van der Waals surface area contributed by atoms with Gasteiger partial charge in [0.05, 0.1) is 11.8 Å². The second kappa shape index (κ2) is 4.42. The van der Waals surface area contributed by atoms with E-state index in [9.17, 15) is 0 Å². The van der Waals surface area contributed by atoms with Crippen molar-refractivity contribution in [1.29, 1.82) is 0 Å². The summed E-state index contributed by atoms with van der Waals surface area (Å²) < 4.78 is 5.61. The van der Waals surface area contributed by atoms with Gasteiger partial charge in [0.25, 0.3) is 0 Å². The van der Waals surface area contributed by atoms with Crippen molar-refractivity contribution in [1.82, 2.24) is 4.98 Å². The maximum Gasteiger partial charge on any atom is 0.213 e. The van der Waals surface area contributed by atoms with E-state index in [0.717, 1.165) is 24.5 Å². The molecule has 1 aliphatic carbocycles. The molecule has 1 heterocycles. The van der Waals surface area contributed by atoms with Gasteiger partial charge in [0.15, 0.2) is 0 Å². The number of aromatic nitrogens is 1. The molecule has 1 aromatic rings. The van der Waals surface area contributed by atoms with Gasteiger partial charge in [-0.25, -0.2) is 4.98 Å². The Bertz CT molecular complexity index is 359. The third-order valence-electron chi connectivity index (χ3n) is 3.10. The number of hydrogen-bond acceptors (Lipinski definition) is 3. The van der Waals surface area contributed by atoms with Gasteiger partial charge in [0.1, 0.15) is 0 Å². The van der Waals surface area contributed by atoms with Crippen molar-refractivity contribution < 1.29 is 4.74 Å². The summed E-state index contributed by atoms with van der Waals surface area (Å²) in [6.07, 6.45) is 3.63. The van der Waals surface area contributed by atoms with Crippen LogP contribution in [0.2, 0.25) is 0 Å². The average molecular weight is 220 g/mol. The Morgan fingerprint density at radius 2 is 2.19 bits per heavy atom. The lowest BCUT2D eigenvalue weighted by Gasteiger charge is -2.15. The van der Waals surface area contributed by atoms with Crippen molar-refractivity contribution in [2.24, 2.45) is 5.73 Å². The van der Waals surface area contributed by atoms with Crippen molar-refractivity contribution >= 4 is 0 Å². The van der Waals surface area contributed by atoms with Crippen LogP contribution in [0, 0.1) is 0 Å². The molecule has 2 N–H and O–H groups in total. The van der Waals surface area contributed by atoms with E-state index in [2.05, 4.69) is 11.1 Å². The quantitative estimate of drug-likeness (QED) is 0.828. The fraction of sp³-hybridized carbons (Fsp3) is 0.615. The van der Waals surface area contributed by atoms with Crippen molar-refractivity contribution in [3.63, 3.8) is 0 Å². The molecule has 0 radical (unpaired) electrons. The summed E-state index contributed by atoms with van der Waals surface area (Å²) in [7, 11) is 0. The molecule has 16 heavy (non-hydrogen) atoms. The molecule has 88 valence electrons. The van der Waals surface area contributed by atoms with E-state index >= 15 is 0 Å². The molecule has 0 amide bonds. The van der Waals surface area contributed by atoms with E-state index < -0.39 is 0 Å². The van der Waals surface area contributed by atoms with Crippen LogP contribution >= 0.6 is 0 Å². The molecule has 0 unspecified atom stereocenters. The third kappa shape index (κ3) is 2.35. The SMILES string of the molecule is CC(C)Oc1cccc(C2(CCN)CC2)n1. The van der Waals surface area contributed by atoms with Gasteiger partial charge in [0.2, 0.25) is 5.88 Å². The lowest BCUT2D eigenvalue weighted by molar-refractivity contribution is 0.231. The van der Waals surface area contributed by atoms with Crippen molar-refractivity contribution in [2.75, 3.05) is 6.54 Å². The normalized spacial score (nSPS) is 17.5. The molecule has 0 atom stereocenters. The predicted octanol–water partition coefficient (Wildman–Crippen LogP) is 2.25. The number of hydrogen-bond donors (Lipinski definition) is 1. The van der Waals surface area contributed by atoms with E-state index in [4.69, 9.17) is 10.5 Å². The Kier molecular flexibility index (Phi) is 3.15. The van der Waals surface area contributed by atoms with Gasteiger partial charge in [-0.2, -0.15) is 0 Å². The Hall–Kier alpha value is -1.09. The van der Waals surface area contributed by atoms with E-state index in [0.29, 0.717) is 0 Å². The molecule has 1 aromatic heterocycles. The van der Waals surface area contributed by atoms with E-state index in [1.807, 2.05) is 26.0 Å². The molecule has 0 spiro atoms. The van der Waals surface area contributed by atoms with Crippen LogP contribution in [0.3, 0.4) is 0 Å². The smallest absolute Gasteiger partial charge is 0.213 e. The Morgan fingerprint density at radius 3 is 2.75 bits per heavy atom. The summed E-state index contributed by atoms with van der Waals surface area (Å²) >= 11 is 0. The molecule has 3 heteroatoms. The fourth-order valence-corrected chi connectivity index (χ4v) is 2.08. The zero-order chi connectivity index (χ0) is 11.6. The molecule has 0 aliphatic heterocycles. The minimum absolute atomic E-state index is 0.174. The highest BCUT2D eigenvalue weighted by molar-refractivity contribution is 5.28. The first-order chi connectivity index (χ1) is 7.66. The summed E-state index contributed by atoms with van der Waals surface area (Å²) in [6.45, 7) is 4.76. The Morgan fingerprint density at radius 1 is 1.44 bits per heavy atom. The standard InChI is InChI=1S/C13H20N2O/c1-10(2)16-12-5-3-4-11(15-12)13(6-7-13)8-9-14/h3-5,10H,6-9,14H2,1-2H3. The first-order valence-electron chi connectivity index (χ1n) is 6.00. The molecular formula is C13H20N2O. The van der Waals surface area contributed by atoms with Crippen LogP contribution in [0.25, 0.3) is 0 Å². The Labute approximate surface area is 97.0 Å². The molecule has 0 aromatic carbocycles. The number of nitrogens with zero attached hydrogens (tertiary/aromatic N) is 1. The molecule has 3 nitrogen and oxygen atoms in total. The third-order valence-corrected chi connectivity index (χ3v) is 3.10. The number of ether oxygens (including phenoxy) is 1. The van der Waals surface area contributed by atoms with Crippen LogP contribution < -0.4 is 10.5 Å². The summed E-state index contributed by atoms with van der Waals surface area (Å²) in [5.41, 5.74) is 7.06. The monoisotopic (exact) mass is 220 g/mol. The summed E-state index contributed by atoms with van der Waals surface area (Å²) in [5, 5.41) is 0. The second-order valence-electron chi connectivity index (χ2n) is 4.85. The van der Waals surface area contributed by atoms with Gasteiger partial charge in [-0.15, -0.1) is 0 Å². The topological polar surface area (TPSA) is 48.1 Å². The lowest BCUT2D eigenvalue weighted by atomic mass is 9.97. The first kappa shape index (κ1) is 11.4. The molecule has 1 fully saturated rings. The fourth-order valence-electron chi connectivity index (χ4n) is 2.08. The van der Waals surface area contributed by atoms with E-state index in [-0.39, 0.29) is 11.5 Å². The predicted molar refractivity (Wildman–Crippen MR) is 64.6 cm³/mol. The highest BCUT2D eigenvalue weighted by Gasteiger charge is 2.44. The zero-order valence-corrected chi connectivity index (χ0v) is 10.1. The van der Waals surface area contributed by atoms with E-state index in [1.54, 1.807) is 0 Å². The molecular weight excluding hydrogens is 200 g/mol. The van der Waals surface area contributed by atoms with E-state index in [1.165, 1.54) is 12.8 Å². The minimum atomic E-state index is 0.174. The lowest BCUT2D eigenvalue weighted by Crippen LogP contribution is -2.16. The van der Waals surface area contributed by atoms with Crippen LogP contribution in [0.1, 0.15) is 38.8 Å². The van der Waals surface area contributed by atoms with Crippen LogP contribution in [-0.4, -0.2) is 17.6 Å². The average Bonchev–Trinajstić information content (AvgIpc) is 2.99. The zero-order valence-electron chi connectivity index (χ0n) is 10.1. The summed E-state index contributed by atoms with van der Waals surface area (Å²) in [5.74, 6) is 0.732. The molecule has 0 saturated heterocycles. The van der Waals surface area contributed by atoms with Crippen LogP contribution in [0.4, 0.5) is 0 Å². The van der Waals surface area contributed by atoms with Crippen LogP contribution in [0.15, 0.2) is 18.2 Å². The van der Waals surface area contributed by atoms with Gasteiger partial charge in [-0.3, -0.25) is 0 Å². The molecule has 1 aliphatic rings. The molecule has 2 rings (SSSR count). The molecule has 1 saturated carbocycles. The molecule has 0 bridgehead atoms. The Balaban J connectivity index is 2.16. The van der Waals surface area contributed by atoms with Gasteiger partial charge < -0.3 is 10.5 Å². The minimum Gasteiger partial charge on any atom is -0.475 e. The van der Waals surface area contributed by atoms with Gasteiger partial charge in [0, 0.05) is 11.5 Å². The first-order valence-corrected chi connectivity index (χ1v) is 6.00. The number of pyridine rings is 1. The second-order valence-corrected chi connectivity index (χ2v) is 4.85. The highest BCUT2D eigenvalue weighted by atomic mass is 16.5. The number of rotatable bonds is 5. The maximum atomic E-state index is 5.65. The number of nitrogens with two attached hydrogens (primary N) is 1. The largest absolute Gasteiger partial charge is 0.475 e. The van der Waals surface area contributed by atoms with Crippen LogP contribution in [-0.2, 0) is 5.41 Å². The van der Waals surface area contributed by atoms with Crippen molar-refractivity contribution in [2.45, 2.75) is 44.6 Å². The van der Waals surface area contributed by atoms with Crippen LogP contribution in [0.5, 0.6) is 5.88 Å².